The summed E-state index contributed by atoms with van der Waals surface area (Å²) < 4.78 is 38.8. The first-order valence-corrected chi connectivity index (χ1v) is 13.8. The Balaban J connectivity index is 1.32. The van der Waals surface area contributed by atoms with Crippen LogP contribution in [-0.4, -0.2) is 65.7 Å². The van der Waals surface area contributed by atoms with Crippen molar-refractivity contribution in [3.05, 3.63) is 78.4 Å². The van der Waals surface area contributed by atoms with Gasteiger partial charge in [-0.2, -0.15) is 0 Å². The number of hydrogen-bond acceptors (Lipinski definition) is 6. The van der Waals surface area contributed by atoms with E-state index >= 15 is 0 Å². The first kappa shape index (κ1) is 26.3. The largest absolute Gasteiger partial charge is 0.495 e. The number of ether oxygens (including phenoxy) is 2. The maximum absolute atomic E-state index is 13.1. The van der Waals surface area contributed by atoms with Crippen molar-refractivity contribution in [2.75, 3.05) is 55.6 Å². The van der Waals surface area contributed by atoms with E-state index in [4.69, 9.17) is 9.47 Å². The molecule has 1 fully saturated rings. The highest BCUT2D eigenvalue weighted by Crippen LogP contribution is 2.29. The topological polar surface area (TPSA) is 79.4 Å². The molecule has 4 rings (SSSR count). The smallest absolute Gasteiger partial charge is 0.264 e. The molecule has 0 aliphatic carbocycles. The van der Waals surface area contributed by atoms with Crippen molar-refractivity contribution in [2.45, 2.75) is 18.7 Å². The molecule has 0 atom stereocenters. The number of rotatable bonds is 9. The number of nitrogens with zero attached hydrogens (tertiary/aromatic N) is 3. The van der Waals surface area contributed by atoms with Crippen molar-refractivity contribution in [1.82, 2.24) is 4.90 Å². The van der Waals surface area contributed by atoms with Crippen molar-refractivity contribution < 1.29 is 22.7 Å². The molecule has 0 bridgehead atoms. The van der Waals surface area contributed by atoms with Crippen LogP contribution in [0.4, 0.5) is 11.4 Å². The summed E-state index contributed by atoms with van der Waals surface area (Å²) in [5.74, 6) is 1.25. The second-order valence-corrected chi connectivity index (χ2v) is 10.7. The minimum Gasteiger partial charge on any atom is -0.495 e. The van der Waals surface area contributed by atoms with E-state index in [1.807, 2.05) is 31.2 Å². The average molecular weight is 524 g/mol. The predicted octanol–water partition coefficient (Wildman–Crippen LogP) is 3.95. The van der Waals surface area contributed by atoms with Gasteiger partial charge < -0.3 is 19.3 Å². The van der Waals surface area contributed by atoms with Gasteiger partial charge in [0.25, 0.3) is 15.9 Å². The van der Waals surface area contributed by atoms with Crippen LogP contribution in [0.1, 0.15) is 12.5 Å². The van der Waals surface area contributed by atoms with Crippen molar-refractivity contribution in [3.63, 3.8) is 0 Å². The Hall–Kier alpha value is -3.72. The Bertz CT molecular complexity index is 1300. The van der Waals surface area contributed by atoms with Crippen LogP contribution >= 0.6 is 0 Å². The lowest BCUT2D eigenvalue weighted by Crippen LogP contribution is -2.50. The molecular formula is C28H33N3O5S. The molecule has 0 aromatic heterocycles. The van der Waals surface area contributed by atoms with E-state index in [0.29, 0.717) is 37.6 Å². The quantitative estimate of drug-likeness (QED) is 0.423. The van der Waals surface area contributed by atoms with Crippen LogP contribution in [0.2, 0.25) is 0 Å². The van der Waals surface area contributed by atoms with Gasteiger partial charge in [0.05, 0.1) is 23.4 Å². The Morgan fingerprint density at radius 2 is 1.57 bits per heavy atom. The van der Waals surface area contributed by atoms with E-state index in [9.17, 15) is 13.2 Å². The molecule has 1 heterocycles. The fraction of sp³-hybridized carbons (Fsp3) is 0.321. The summed E-state index contributed by atoms with van der Waals surface area (Å²) >= 11 is 0. The van der Waals surface area contributed by atoms with Crippen LogP contribution < -0.4 is 18.7 Å². The summed E-state index contributed by atoms with van der Waals surface area (Å²) in [5, 5.41) is 0. The summed E-state index contributed by atoms with van der Waals surface area (Å²) in [4.78, 5) is 17.0. The highest BCUT2D eigenvalue weighted by Gasteiger charge is 2.25. The number of piperazine rings is 1. The molecule has 3 aromatic carbocycles. The van der Waals surface area contributed by atoms with Crippen LogP contribution in [0.25, 0.3) is 0 Å². The van der Waals surface area contributed by atoms with E-state index in [0.717, 1.165) is 17.0 Å². The Kier molecular flexibility index (Phi) is 8.23. The Morgan fingerprint density at radius 1 is 0.919 bits per heavy atom. The van der Waals surface area contributed by atoms with Gasteiger partial charge in [0, 0.05) is 32.7 Å². The molecule has 1 aliphatic heterocycles. The molecule has 196 valence electrons. The molecule has 1 aliphatic rings. The van der Waals surface area contributed by atoms with Gasteiger partial charge in [-0.05, 0) is 62.4 Å². The zero-order valence-electron chi connectivity index (χ0n) is 21.5. The van der Waals surface area contributed by atoms with Gasteiger partial charge in [-0.15, -0.1) is 0 Å². The van der Waals surface area contributed by atoms with Crippen LogP contribution in [-0.2, 0) is 14.8 Å². The van der Waals surface area contributed by atoms with Gasteiger partial charge in [0.1, 0.15) is 11.5 Å². The van der Waals surface area contributed by atoms with Crippen LogP contribution in [0.5, 0.6) is 11.5 Å². The van der Waals surface area contributed by atoms with Crippen molar-refractivity contribution in [2.24, 2.45) is 0 Å². The zero-order valence-corrected chi connectivity index (χ0v) is 22.3. The van der Waals surface area contributed by atoms with Crippen LogP contribution in [0.15, 0.2) is 77.7 Å². The number of anilines is 2. The summed E-state index contributed by atoms with van der Waals surface area (Å²) in [6.07, 6.45) is 0. The second kappa shape index (κ2) is 11.6. The molecular weight excluding hydrogens is 490 g/mol. The maximum atomic E-state index is 13.1. The number of carbonyl (C=O) groups excluding carboxylic acids is 1. The highest BCUT2D eigenvalue weighted by molar-refractivity contribution is 7.92. The third-order valence-electron chi connectivity index (χ3n) is 6.44. The predicted molar refractivity (Wildman–Crippen MR) is 145 cm³/mol. The zero-order chi connectivity index (χ0) is 26.4. The molecule has 1 amide bonds. The fourth-order valence-corrected chi connectivity index (χ4v) is 5.84. The molecule has 8 nitrogen and oxygen atoms in total. The lowest BCUT2D eigenvalue weighted by atomic mass is 10.2. The molecule has 37 heavy (non-hydrogen) atoms. The number of sulfonamides is 1. The number of para-hydroxylation sites is 2. The lowest BCUT2D eigenvalue weighted by molar-refractivity contribution is -0.133. The maximum Gasteiger partial charge on any atom is 0.264 e. The lowest BCUT2D eigenvalue weighted by Gasteiger charge is -2.36. The van der Waals surface area contributed by atoms with Gasteiger partial charge in [-0.3, -0.25) is 9.10 Å². The molecule has 1 saturated heterocycles. The first-order valence-electron chi connectivity index (χ1n) is 12.3. The molecule has 0 N–H and O–H groups in total. The molecule has 0 spiro atoms. The number of amides is 1. The minimum atomic E-state index is -3.68. The monoisotopic (exact) mass is 523 g/mol. The number of benzene rings is 3. The SMILES string of the molecule is CCN(c1ccc(OCC(=O)N2CCN(c3ccccc3OC)CC2)cc1)S(=O)(=O)c1ccc(C)cc1. The summed E-state index contributed by atoms with van der Waals surface area (Å²) in [5.41, 5.74) is 2.56. The minimum absolute atomic E-state index is 0.0762. The molecule has 0 saturated carbocycles. The number of methoxy groups -OCH3 is 1. The van der Waals surface area contributed by atoms with Gasteiger partial charge in [0.15, 0.2) is 6.61 Å². The molecule has 0 unspecified atom stereocenters. The van der Waals surface area contributed by atoms with E-state index in [1.54, 1.807) is 67.5 Å². The molecule has 3 aromatic rings. The van der Waals surface area contributed by atoms with Crippen molar-refractivity contribution in [1.29, 1.82) is 0 Å². The Morgan fingerprint density at radius 3 is 2.19 bits per heavy atom. The summed E-state index contributed by atoms with van der Waals surface area (Å²) in [6.45, 7) is 6.54. The van der Waals surface area contributed by atoms with Crippen LogP contribution in [0.3, 0.4) is 0 Å². The number of carbonyl (C=O) groups is 1. The van der Waals surface area contributed by atoms with E-state index in [1.165, 1.54) is 4.31 Å². The van der Waals surface area contributed by atoms with Gasteiger partial charge >= 0.3 is 0 Å². The molecule has 0 radical (unpaired) electrons. The van der Waals surface area contributed by atoms with Gasteiger partial charge in [-0.25, -0.2) is 8.42 Å². The second-order valence-electron chi connectivity index (χ2n) is 8.81. The highest BCUT2D eigenvalue weighted by atomic mass is 32.2. The summed E-state index contributed by atoms with van der Waals surface area (Å²) in [7, 11) is -2.03. The first-order chi connectivity index (χ1) is 17.8. The van der Waals surface area contributed by atoms with Crippen molar-refractivity contribution in [3.8, 4) is 11.5 Å². The number of aryl methyl sites for hydroxylation is 1. The molecule has 9 heteroatoms. The van der Waals surface area contributed by atoms with E-state index in [-0.39, 0.29) is 24.0 Å². The standard InChI is InChI=1S/C28H33N3O5S/c1-4-31(37(33,34)25-15-9-22(2)10-16-25)23-11-13-24(14-12-23)36-21-28(32)30-19-17-29(18-20-30)26-7-5-6-8-27(26)35-3/h5-16H,4,17-21H2,1-3H3. The van der Waals surface area contributed by atoms with Gasteiger partial charge in [0.2, 0.25) is 0 Å². The van der Waals surface area contributed by atoms with Gasteiger partial charge in [-0.1, -0.05) is 29.8 Å². The third-order valence-corrected chi connectivity index (χ3v) is 8.36. The Labute approximate surface area is 219 Å². The summed E-state index contributed by atoms with van der Waals surface area (Å²) in [6, 6.07) is 21.5. The fourth-order valence-electron chi connectivity index (χ4n) is 4.36. The van der Waals surface area contributed by atoms with E-state index < -0.39 is 10.0 Å². The normalized spacial score (nSPS) is 13.8. The van der Waals surface area contributed by atoms with E-state index in [2.05, 4.69) is 4.90 Å². The number of hydrogen-bond donors (Lipinski definition) is 0. The third kappa shape index (κ3) is 5.99. The average Bonchev–Trinajstić information content (AvgIpc) is 2.93. The van der Waals surface area contributed by atoms with Crippen LogP contribution in [0, 0.1) is 6.92 Å². The van der Waals surface area contributed by atoms with Crippen molar-refractivity contribution >= 4 is 27.3 Å².